The summed E-state index contributed by atoms with van der Waals surface area (Å²) in [5, 5.41) is 8.40. The number of hydrogen-bond acceptors (Lipinski definition) is 1. The number of aliphatic carboxylic acids is 1. The average molecular weight is 146 g/mol. The van der Waals surface area contributed by atoms with Gasteiger partial charge in [-0.05, 0) is 5.56 Å². The van der Waals surface area contributed by atoms with Crippen molar-refractivity contribution in [2.75, 3.05) is 0 Å². The fraction of sp³-hybridized carbons (Fsp3) is 0.125. The molecule has 2 nitrogen and oxygen atoms in total. The summed E-state index contributed by atoms with van der Waals surface area (Å²) >= 11 is 0. The Morgan fingerprint density at radius 3 is 2.36 bits per heavy atom. The summed E-state index contributed by atoms with van der Waals surface area (Å²) in [7, 11) is 5.41. The van der Waals surface area contributed by atoms with Crippen LogP contribution in [0.2, 0.25) is 0 Å². The molecule has 1 aromatic carbocycles. The molecule has 0 saturated carbocycles. The molecule has 1 N–H and O–H groups in total. The Hall–Kier alpha value is -1.25. The monoisotopic (exact) mass is 146 g/mol. The molecule has 0 aliphatic heterocycles. The largest absolute Gasteiger partial charge is 0.481 e. The normalized spacial score (nSPS) is 9.45. The van der Waals surface area contributed by atoms with Crippen LogP contribution >= 0.6 is 0 Å². The Labute approximate surface area is 66.3 Å². The second-order valence-corrected chi connectivity index (χ2v) is 2.31. The van der Waals surface area contributed by atoms with Crippen LogP contribution in [0.3, 0.4) is 0 Å². The van der Waals surface area contributed by atoms with Gasteiger partial charge in [-0.25, -0.2) is 0 Å². The van der Waals surface area contributed by atoms with Gasteiger partial charge >= 0.3 is 5.97 Å². The quantitative estimate of drug-likeness (QED) is 0.601. The molecule has 0 fully saturated rings. The smallest absolute Gasteiger partial charge is 0.307 e. The maximum Gasteiger partial charge on any atom is 0.307 e. The maximum absolute atomic E-state index is 10.2. The third-order valence-corrected chi connectivity index (χ3v) is 1.34. The number of rotatable bonds is 2. The van der Waals surface area contributed by atoms with E-state index >= 15 is 0 Å². The van der Waals surface area contributed by atoms with Crippen LogP contribution in [-0.2, 0) is 11.2 Å². The van der Waals surface area contributed by atoms with Crippen molar-refractivity contribution in [1.29, 1.82) is 0 Å². The number of benzene rings is 1. The molecule has 0 spiro atoms. The van der Waals surface area contributed by atoms with Crippen molar-refractivity contribution in [1.82, 2.24) is 0 Å². The van der Waals surface area contributed by atoms with Gasteiger partial charge in [-0.1, -0.05) is 29.7 Å². The van der Waals surface area contributed by atoms with E-state index < -0.39 is 5.97 Å². The summed E-state index contributed by atoms with van der Waals surface area (Å²) in [6.45, 7) is 0. The van der Waals surface area contributed by atoms with Crippen molar-refractivity contribution in [3.05, 3.63) is 29.8 Å². The van der Waals surface area contributed by atoms with Gasteiger partial charge in [0.1, 0.15) is 7.85 Å². The molecule has 0 aliphatic rings. The molecule has 0 unspecified atom stereocenters. The first kappa shape index (κ1) is 7.86. The van der Waals surface area contributed by atoms with Gasteiger partial charge in [-0.2, -0.15) is 0 Å². The Morgan fingerprint density at radius 1 is 1.36 bits per heavy atom. The molecule has 0 aromatic heterocycles. The molecule has 0 amide bonds. The molecule has 54 valence electrons. The van der Waals surface area contributed by atoms with Gasteiger partial charge in [0.05, 0.1) is 6.42 Å². The van der Waals surface area contributed by atoms with Gasteiger partial charge < -0.3 is 5.11 Å². The van der Waals surface area contributed by atoms with Gasteiger partial charge in [-0.15, -0.1) is 0 Å². The fourth-order valence-corrected chi connectivity index (χ4v) is 0.810. The average Bonchev–Trinajstić information content (AvgIpc) is 1.93. The minimum Gasteiger partial charge on any atom is -0.481 e. The maximum atomic E-state index is 10.2. The lowest BCUT2D eigenvalue weighted by molar-refractivity contribution is -0.136. The molecule has 0 heterocycles. The number of carboxylic acids is 1. The van der Waals surface area contributed by atoms with Gasteiger partial charge in [0, 0.05) is 0 Å². The molecule has 0 aliphatic carbocycles. The van der Waals surface area contributed by atoms with Crippen LogP contribution in [-0.4, -0.2) is 18.9 Å². The molecular weight excluding hydrogens is 139 g/mol. The molecule has 11 heavy (non-hydrogen) atoms. The summed E-state index contributed by atoms with van der Waals surface area (Å²) in [5.74, 6) is -0.824. The lowest BCUT2D eigenvalue weighted by Gasteiger charge is -1.96. The first-order chi connectivity index (χ1) is 5.18. The van der Waals surface area contributed by atoms with Gasteiger partial charge in [0.15, 0.2) is 0 Å². The predicted molar refractivity (Wildman–Crippen MR) is 43.2 cm³/mol. The summed E-state index contributed by atoms with van der Waals surface area (Å²) in [4.78, 5) is 10.2. The first-order valence-electron chi connectivity index (χ1n) is 3.24. The van der Waals surface area contributed by atoms with Crippen molar-refractivity contribution in [2.45, 2.75) is 6.42 Å². The van der Waals surface area contributed by atoms with E-state index in [-0.39, 0.29) is 6.42 Å². The van der Waals surface area contributed by atoms with E-state index in [0.29, 0.717) is 5.46 Å². The van der Waals surface area contributed by atoms with Crippen molar-refractivity contribution in [3.63, 3.8) is 0 Å². The predicted octanol–water partition coefficient (Wildman–Crippen LogP) is 0.107. The van der Waals surface area contributed by atoms with Crippen molar-refractivity contribution < 1.29 is 9.90 Å². The zero-order valence-corrected chi connectivity index (χ0v) is 5.95. The van der Waals surface area contributed by atoms with E-state index in [1.54, 1.807) is 24.3 Å². The third kappa shape index (κ3) is 2.46. The first-order valence-corrected chi connectivity index (χ1v) is 3.24. The van der Waals surface area contributed by atoms with E-state index in [2.05, 4.69) is 0 Å². The number of carbonyl (C=O) groups is 1. The zero-order valence-electron chi connectivity index (χ0n) is 5.95. The molecule has 0 bridgehead atoms. The number of carboxylic acid groups (broad SMARTS) is 1. The number of hydrogen-bond donors (Lipinski definition) is 1. The van der Waals surface area contributed by atoms with E-state index in [1.165, 1.54) is 0 Å². The lowest BCUT2D eigenvalue weighted by Crippen LogP contribution is -2.04. The van der Waals surface area contributed by atoms with Crippen LogP contribution in [0.15, 0.2) is 24.3 Å². The van der Waals surface area contributed by atoms with E-state index in [9.17, 15) is 4.79 Å². The molecule has 1 rings (SSSR count). The summed E-state index contributed by atoms with van der Waals surface area (Å²) in [6, 6.07) is 6.81. The van der Waals surface area contributed by atoms with Crippen LogP contribution < -0.4 is 5.46 Å². The third-order valence-electron chi connectivity index (χ3n) is 1.34. The molecule has 0 saturated heterocycles. The Bertz CT molecular complexity index is 253. The lowest BCUT2D eigenvalue weighted by atomic mass is 9.95. The van der Waals surface area contributed by atoms with Gasteiger partial charge in [-0.3, -0.25) is 4.79 Å². The topological polar surface area (TPSA) is 37.3 Å². The van der Waals surface area contributed by atoms with Crippen LogP contribution in [0.25, 0.3) is 0 Å². The van der Waals surface area contributed by atoms with Crippen molar-refractivity contribution >= 4 is 19.3 Å². The minimum atomic E-state index is -0.824. The van der Waals surface area contributed by atoms with Gasteiger partial charge in [0.25, 0.3) is 0 Å². The Morgan fingerprint density at radius 2 is 1.91 bits per heavy atom. The highest BCUT2D eigenvalue weighted by Gasteiger charge is 1.97. The van der Waals surface area contributed by atoms with E-state index in [4.69, 9.17) is 13.0 Å². The van der Waals surface area contributed by atoms with E-state index in [1.807, 2.05) is 0 Å². The standard InChI is InChI=1S/C8H7BO2/c9-7-3-1-6(2-4-7)5-8(10)11/h1-4H,5H2,(H,10,11). The van der Waals surface area contributed by atoms with Crippen molar-refractivity contribution in [3.8, 4) is 0 Å². The van der Waals surface area contributed by atoms with Crippen LogP contribution in [0.1, 0.15) is 5.56 Å². The highest BCUT2D eigenvalue weighted by atomic mass is 16.4. The summed E-state index contributed by atoms with van der Waals surface area (Å²) in [6.07, 6.45) is 0.0558. The molecule has 2 radical (unpaired) electrons. The van der Waals surface area contributed by atoms with Gasteiger partial charge in [0.2, 0.25) is 0 Å². The molecule has 1 aromatic rings. The highest BCUT2D eigenvalue weighted by Crippen LogP contribution is 1.96. The zero-order chi connectivity index (χ0) is 8.27. The van der Waals surface area contributed by atoms with Crippen LogP contribution in [0.5, 0.6) is 0 Å². The Kier molecular flexibility index (Phi) is 2.31. The second kappa shape index (κ2) is 3.24. The molecular formula is C8H7BO2. The fourth-order valence-electron chi connectivity index (χ4n) is 0.810. The minimum absolute atomic E-state index is 0.0558. The SMILES string of the molecule is [B]c1ccc(CC(=O)O)cc1. The molecule has 0 atom stereocenters. The Balaban J connectivity index is 2.74. The highest BCUT2D eigenvalue weighted by molar-refractivity contribution is 6.32. The van der Waals surface area contributed by atoms with Crippen LogP contribution in [0.4, 0.5) is 0 Å². The van der Waals surface area contributed by atoms with Crippen molar-refractivity contribution in [2.24, 2.45) is 0 Å². The second-order valence-electron chi connectivity index (χ2n) is 2.31. The molecule has 3 heteroatoms. The van der Waals surface area contributed by atoms with Crippen LogP contribution in [0, 0.1) is 0 Å². The summed E-state index contributed by atoms with van der Waals surface area (Å²) in [5.41, 5.74) is 1.42. The van der Waals surface area contributed by atoms with E-state index in [0.717, 1.165) is 5.56 Å². The summed E-state index contributed by atoms with van der Waals surface area (Å²) < 4.78 is 0.